The van der Waals surface area contributed by atoms with Gasteiger partial charge in [0.05, 0.1) is 6.61 Å². The molecule has 0 radical (unpaired) electrons. The van der Waals surface area contributed by atoms with E-state index < -0.39 is 59.8 Å². The van der Waals surface area contributed by atoms with Crippen LogP contribution in [0.5, 0.6) is 0 Å². The van der Waals surface area contributed by atoms with Crippen LogP contribution in [-0.2, 0) is 31.6 Å². The fourth-order valence-electron chi connectivity index (χ4n) is 3.36. The lowest BCUT2D eigenvalue weighted by atomic mass is 9.90. The minimum Gasteiger partial charge on any atom is -0.384 e. The maximum atomic E-state index is 15.0. The molecule has 0 spiro atoms. The molecule has 2 fully saturated rings. The van der Waals surface area contributed by atoms with Gasteiger partial charge in [0.25, 0.3) is 0 Å². The number of aliphatic hydroxyl groups excluding tert-OH is 1. The average molecular weight is 541 g/mol. The molecule has 3 rings (SSSR count). The van der Waals surface area contributed by atoms with E-state index in [1.165, 1.54) is 6.08 Å². The number of halogens is 2. The molecular formula is C13H20F2N3O12P3. The first-order chi connectivity index (χ1) is 14.9. The van der Waals surface area contributed by atoms with Crippen LogP contribution in [0, 0.1) is 5.92 Å². The minimum absolute atomic E-state index is 0.0285. The molecule has 2 aliphatic heterocycles. The second-order valence-corrected chi connectivity index (χ2v) is 11.7. The van der Waals surface area contributed by atoms with Gasteiger partial charge in [0.2, 0.25) is 6.23 Å². The highest BCUT2D eigenvalue weighted by Crippen LogP contribution is 2.67. The van der Waals surface area contributed by atoms with E-state index in [2.05, 4.69) is 24.7 Å². The number of nitrogens with zero attached hydrogens (tertiary/aromatic N) is 2. The standard InChI is InChI=1S/C13H20F2N3O12P3/c1-7-17-9(16)4-5-18(7)11-13(14,15)10(19)12(28-11,8-2-3-8)6-27-32(23,24)30-33(25,26)29-31(20,21)22/h4-5,8,10-11,19H,1-3,6H2,(H2,16,17)(H,23,24)(H,25,26)(H2,20,21,22)/t10-,11-,12+/m1/s1. The van der Waals surface area contributed by atoms with Crippen LogP contribution >= 0.6 is 23.5 Å². The Morgan fingerprint density at radius 3 is 2.33 bits per heavy atom. The summed E-state index contributed by atoms with van der Waals surface area (Å²) in [5, 5.41) is 10.5. The highest BCUT2D eigenvalue weighted by Gasteiger charge is 2.72. The van der Waals surface area contributed by atoms with Gasteiger partial charge in [-0.15, -0.1) is 0 Å². The number of alkyl halides is 2. The second kappa shape index (κ2) is 8.55. The Balaban J connectivity index is 1.81. The summed E-state index contributed by atoms with van der Waals surface area (Å²) in [4.78, 5) is 40.5. The third-order valence-corrected chi connectivity index (χ3v) is 8.62. The molecule has 0 aromatic heterocycles. The number of hydrogen-bond acceptors (Lipinski definition) is 11. The van der Waals surface area contributed by atoms with Crippen LogP contribution < -0.4 is 5.73 Å². The number of phosphoric ester groups is 1. The highest BCUT2D eigenvalue weighted by molar-refractivity contribution is 7.66. The van der Waals surface area contributed by atoms with Gasteiger partial charge < -0.3 is 40.1 Å². The molecule has 3 aliphatic rings. The largest absolute Gasteiger partial charge is 0.490 e. The molecule has 1 aliphatic carbocycles. The van der Waals surface area contributed by atoms with Gasteiger partial charge in [0.15, 0.2) is 6.10 Å². The predicted octanol–water partition coefficient (Wildman–Crippen LogP) is 0.489. The quantitative estimate of drug-likeness (QED) is 0.218. The van der Waals surface area contributed by atoms with Crippen molar-refractivity contribution in [3.63, 3.8) is 0 Å². The Labute approximate surface area is 184 Å². The monoisotopic (exact) mass is 541 g/mol. The Morgan fingerprint density at radius 1 is 1.21 bits per heavy atom. The molecule has 33 heavy (non-hydrogen) atoms. The van der Waals surface area contributed by atoms with Crippen LogP contribution in [0.25, 0.3) is 0 Å². The topological polar surface area (TPSA) is 231 Å². The van der Waals surface area contributed by atoms with Gasteiger partial charge in [-0.1, -0.05) is 6.58 Å². The summed E-state index contributed by atoms with van der Waals surface area (Å²) >= 11 is 0. The van der Waals surface area contributed by atoms with Gasteiger partial charge in [0, 0.05) is 6.20 Å². The molecule has 20 heteroatoms. The summed E-state index contributed by atoms with van der Waals surface area (Å²) in [5.74, 6) is -5.03. The first-order valence-corrected chi connectivity index (χ1v) is 13.4. The van der Waals surface area contributed by atoms with Crippen LogP contribution in [0.3, 0.4) is 0 Å². The summed E-state index contributed by atoms with van der Waals surface area (Å²) in [6, 6.07) is 0. The third-order valence-electron chi connectivity index (χ3n) is 4.84. The lowest BCUT2D eigenvalue weighted by Gasteiger charge is -2.33. The Kier molecular flexibility index (Phi) is 6.88. The summed E-state index contributed by atoms with van der Waals surface area (Å²) in [7, 11) is -17.1. The van der Waals surface area contributed by atoms with Gasteiger partial charge in [-0.25, -0.2) is 18.7 Å². The maximum Gasteiger partial charge on any atom is 0.490 e. The average Bonchev–Trinajstić information content (AvgIpc) is 3.42. The SMILES string of the molecule is C=C1N=C(N)C=CN1[C@@H]1O[C@@](COP(=O)(O)OP(=O)(O)OP(=O)(O)O)(C2CC2)[C@@H](O)C1(F)F. The first kappa shape index (κ1) is 26.5. The zero-order valence-corrected chi connectivity index (χ0v) is 19.1. The van der Waals surface area contributed by atoms with E-state index in [9.17, 15) is 28.6 Å². The second-order valence-electron chi connectivity index (χ2n) is 7.32. The zero-order valence-electron chi connectivity index (χ0n) is 16.4. The van der Waals surface area contributed by atoms with E-state index >= 15 is 8.78 Å². The van der Waals surface area contributed by atoms with E-state index in [4.69, 9.17) is 20.3 Å². The minimum atomic E-state index is -5.82. The van der Waals surface area contributed by atoms with Crippen molar-refractivity contribution in [3.05, 3.63) is 24.7 Å². The number of phosphoric acid groups is 3. The van der Waals surface area contributed by atoms with Crippen LogP contribution in [0.4, 0.5) is 8.78 Å². The van der Waals surface area contributed by atoms with Crippen molar-refractivity contribution in [1.29, 1.82) is 0 Å². The summed E-state index contributed by atoms with van der Waals surface area (Å²) in [6.07, 6.45) is -1.98. The molecule has 0 aromatic carbocycles. The smallest absolute Gasteiger partial charge is 0.384 e. The molecule has 2 heterocycles. The number of rotatable bonds is 9. The van der Waals surface area contributed by atoms with E-state index in [1.807, 2.05) is 0 Å². The number of amidine groups is 1. The van der Waals surface area contributed by atoms with Crippen molar-refractivity contribution in [2.75, 3.05) is 6.61 Å². The van der Waals surface area contributed by atoms with Gasteiger partial charge in [-0.3, -0.25) is 4.52 Å². The van der Waals surface area contributed by atoms with E-state index in [0.717, 1.165) is 11.1 Å². The van der Waals surface area contributed by atoms with Gasteiger partial charge >= 0.3 is 29.4 Å². The number of nitrogens with two attached hydrogens (primary N) is 1. The van der Waals surface area contributed by atoms with Gasteiger partial charge in [-0.2, -0.15) is 17.4 Å². The van der Waals surface area contributed by atoms with E-state index in [-0.39, 0.29) is 24.5 Å². The number of aliphatic hydroxyl groups is 1. The van der Waals surface area contributed by atoms with Crippen LogP contribution in [-0.4, -0.2) is 65.9 Å². The molecule has 15 nitrogen and oxygen atoms in total. The van der Waals surface area contributed by atoms with Crippen molar-refractivity contribution in [2.45, 2.75) is 36.7 Å². The van der Waals surface area contributed by atoms with Crippen molar-refractivity contribution >= 4 is 29.3 Å². The Bertz CT molecular complexity index is 1030. The molecule has 188 valence electrons. The van der Waals surface area contributed by atoms with Gasteiger partial charge in [0.1, 0.15) is 17.3 Å². The van der Waals surface area contributed by atoms with Crippen LogP contribution in [0.15, 0.2) is 29.7 Å². The predicted molar refractivity (Wildman–Crippen MR) is 103 cm³/mol. The molecule has 1 saturated carbocycles. The van der Waals surface area contributed by atoms with Crippen molar-refractivity contribution in [2.24, 2.45) is 16.6 Å². The molecule has 2 unspecified atom stereocenters. The molecular weight excluding hydrogens is 521 g/mol. The lowest BCUT2D eigenvalue weighted by molar-refractivity contribution is -0.157. The number of hydrogen-bond donors (Lipinski definition) is 6. The van der Waals surface area contributed by atoms with Crippen molar-refractivity contribution in [3.8, 4) is 0 Å². The lowest BCUT2D eigenvalue weighted by Crippen LogP contribution is -2.51. The molecule has 1 saturated heterocycles. The molecule has 5 atom stereocenters. The van der Waals surface area contributed by atoms with E-state index in [0.29, 0.717) is 0 Å². The van der Waals surface area contributed by atoms with Crippen LogP contribution in [0.1, 0.15) is 12.8 Å². The fraction of sp³-hybridized carbons (Fsp3) is 0.615. The molecule has 7 N–H and O–H groups in total. The molecule has 0 aromatic rings. The maximum absolute atomic E-state index is 15.0. The van der Waals surface area contributed by atoms with Crippen LogP contribution in [0.2, 0.25) is 0 Å². The fourth-order valence-corrected chi connectivity index (χ4v) is 6.42. The Hall–Kier alpha value is -1.06. The van der Waals surface area contributed by atoms with Crippen molar-refractivity contribution < 1.29 is 65.0 Å². The number of aliphatic imine (C=N–C) groups is 1. The molecule has 0 amide bonds. The normalized spacial score (nSPS) is 33.5. The Morgan fingerprint density at radius 2 is 1.82 bits per heavy atom. The van der Waals surface area contributed by atoms with E-state index in [1.54, 1.807) is 0 Å². The number of ether oxygens (including phenoxy) is 1. The summed E-state index contributed by atoms with van der Waals surface area (Å²) in [6.45, 7) is 2.25. The summed E-state index contributed by atoms with van der Waals surface area (Å²) < 4.78 is 81.4. The highest BCUT2D eigenvalue weighted by atomic mass is 31.3. The molecule has 0 bridgehead atoms. The first-order valence-electron chi connectivity index (χ1n) is 8.90. The summed E-state index contributed by atoms with van der Waals surface area (Å²) in [5.41, 5.74) is 3.20. The zero-order chi connectivity index (χ0) is 25.0. The van der Waals surface area contributed by atoms with Crippen molar-refractivity contribution in [1.82, 2.24) is 4.90 Å². The third kappa shape index (κ3) is 5.78. The van der Waals surface area contributed by atoms with Gasteiger partial charge in [-0.05, 0) is 24.8 Å².